The molecule has 0 aliphatic carbocycles. The summed E-state index contributed by atoms with van der Waals surface area (Å²) in [6.07, 6.45) is -0.169. The van der Waals surface area contributed by atoms with Crippen LogP contribution in [0.3, 0.4) is 0 Å². The van der Waals surface area contributed by atoms with Gasteiger partial charge in [-0.1, -0.05) is 63.5 Å². The Morgan fingerprint density at radius 2 is 1.69 bits per heavy atom. The zero-order valence-corrected chi connectivity index (χ0v) is 28.2. The Morgan fingerprint density at radius 1 is 1.00 bits per heavy atom. The highest BCUT2D eigenvalue weighted by Gasteiger charge is 2.54. The summed E-state index contributed by atoms with van der Waals surface area (Å²) in [5.41, 5.74) is 11.3. The van der Waals surface area contributed by atoms with Crippen LogP contribution in [0.15, 0.2) is 106 Å². The van der Waals surface area contributed by atoms with E-state index in [9.17, 15) is 4.79 Å². The van der Waals surface area contributed by atoms with E-state index in [-0.39, 0.29) is 32.0 Å². The Hall–Kier alpha value is -5.03. The van der Waals surface area contributed by atoms with Gasteiger partial charge in [0.1, 0.15) is 17.2 Å². The van der Waals surface area contributed by atoms with Crippen LogP contribution in [0.1, 0.15) is 40.3 Å². The van der Waals surface area contributed by atoms with Crippen LogP contribution in [-0.4, -0.2) is 49.9 Å². The number of hydrogen-bond donors (Lipinski definition) is 2. The van der Waals surface area contributed by atoms with Gasteiger partial charge >= 0.3 is 0 Å². The second kappa shape index (κ2) is 16.2. The molecule has 1 aliphatic rings. The van der Waals surface area contributed by atoms with Crippen LogP contribution in [-0.2, 0) is 29.0 Å². The average Bonchev–Trinajstić information content (AvgIpc) is 3.50. The normalized spacial score (nSPS) is 16.7. The van der Waals surface area contributed by atoms with Crippen LogP contribution in [0, 0.1) is 0 Å². The van der Waals surface area contributed by atoms with E-state index < -0.39 is 11.6 Å². The molecule has 0 aromatic heterocycles. The standard InChI is InChI=1S/C36H36BrN5O6/c1-45-29-18-24(19-30(20-29)46-2)22-39-35(44)36(21-26-8-3-4-9-27(26)23-40-42-38)33(31-10-5-6-11-32(31)37)48-34(41-36)25-12-14-28(15-13-25)47-17-7-16-43/h3-6,8-15,18-20,33,43H,7,16-17,21-23H2,1-2H3,(H,39,44)/t33-,36-/m1/s1. The number of nitrogens with zero attached hydrogens (tertiary/aromatic N) is 4. The highest BCUT2D eigenvalue weighted by Crippen LogP contribution is 2.45. The fraction of sp³-hybridized carbons (Fsp3) is 0.278. The fourth-order valence-corrected chi connectivity index (χ4v) is 6.03. The summed E-state index contributed by atoms with van der Waals surface area (Å²) in [5, 5.41) is 16.0. The van der Waals surface area contributed by atoms with Crippen molar-refractivity contribution in [1.82, 2.24) is 5.32 Å². The van der Waals surface area contributed by atoms with Gasteiger partial charge in [-0.3, -0.25) is 4.79 Å². The number of aliphatic hydroxyl groups is 1. The van der Waals surface area contributed by atoms with E-state index in [1.54, 1.807) is 32.4 Å². The van der Waals surface area contributed by atoms with Crippen molar-refractivity contribution in [2.75, 3.05) is 27.4 Å². The van der Waals surface area contributed by atoms with Gasteiger partial charge in [0.25, 0.3) is 5.91 Å². The van der Waals surface area contributed by atoms with Gasteiger partial charge in [-0.05, 0) is 64.7 Å². The van der Waals surface area contributed by atoms with Crippen molar-refractivity contribution >= 4 is 27.7 Å². The lowest BCUT2D eigenvalue weighted by atomic mass is 9.81. The number of rotatable bonds is 15. The Balaban J connectivity index is 1.61. The molecule has 5 rings (SSSR count). The van der Waals surface area contributed by atoms with E-state index in [1.165, 1.54) is 0 Å². The molecule has 0 saturated carbocycles. The minimum absolute atomic E-state index is 0.0423. The Kier molecular flexibility index (Phi) is 11.6. The third kappa shape index (κ3) is 7.91. The number of hydrogen-bond acceptors (Lipinski definition) is 8. The number of amides is 1. The van der Waals surface area contributed by atoms with E-state index in [0.717, 1.165) is 26.7 Å². The summed E-state index contributed by atoms with van der Waals surface area (Å²) < 4.78 is 24.0. The molecule has 1 amide bonds. The Bertz CT molecular complexity index is 1790. The SMILES string of the molecule is COc1cc(CNC(=O)[C@]2(Cc3ccccc3CN=[N+]=[N-])N=C(c3ccc(OCCCO)cc3)O[C@@H]2c2ccccc2Br)cc(OC)c1. The minimum atomic E-state index is -1.48. The summed E-state index contributed by atoms with van der Waals surface area (Å²) in [5.74, 6) is 1.77. The second-order valence-corrected chi connectivity index (χ2v) is 11.9. The number of benzene rings is 4. The molecule has 48 heavy (non-hydrogen) atoms. The van der Waals surface area contributed by atoms with Crippen molar-refractivity contribution in [2.45, 2.75) is 37.6 Å². The molecular formula is C36H36BrN5O6. The molecule has 4 aromatic rings. The number of aliphatic hydroxyl groups excluding tert-OH is 1. The van der Waals surface area contributed by atoms with Crippen LogP contribution >= 0.6 is 15.9 Å². The molecule has 0 saturated heterocycles. The van der Waals surface area contributed by atoms with E-state index in [2.05, 4.69) is 31.3 Å². The average molecular weight is 715 g/mol. The molecule has 1 aliphatic heterocycles. The van der Waals surface area contributed by atoms with Gasteiger partial charge in [0.05, 0.1) is 27.4 Å². The molecule has 2 N–H and O–H groups in total. The third-order valence-electron chi connectivity index (χ3n) is 7.96. The molecule has 11 nitrogen and oxygen atoms in total. The first-order valence-corrected chi connectivity index (χ1v) is 16.1. The molecule has 248 valence electrons. The highest BCUT2D eigenvalue weighted by atomic mass is 79.9. The maximum atomic E-state index is 14.8. The largest absolute Gasteiger partial charge is 0.497 e. The van der Waals surface area contributed by atoms with Crippen LogP contribution < -0.4 is 19.5 Å². The molecule has 2 atom stereocenters. The van der Waals surface area contributed by atoms with E-state index in [4.69, 9.17) is 34.6 Å². The predicted octanol–water partition coefficient (Wildman–Crippen LogP) is 6.85. The van der Waals surface area contributed by atoms with Gasteiger partial charge in [-0.25, -0.2) is 4.99 Å². The number of aliphatic imine (C=N–C) groups is 1. The molecule has 12 heteroatoms. The van der Waals surface area contributed by atoms with Gasteiger partial charge in [-0.15, -0.1) is 0 Å². The van der Waals surface area contributed by atoms with Crippen LogP contribution in [0.2, 0.25) is 0 Å². The maximum absolute atomic E-state index is 14.8. The van der Waals surface area contributed by atoms with E-state index >= 15 is 0 Å². The number of azide groups is 1. The van der Waals surface area contributed by atoms with Gasteiger partial charge in [0.2, 0.25) is 5.90 Å². The topological polar surface area (TPSA) is 147 Å². The lowest BCUT2D eigenvalue weighted by Crippen LogP contribution is -2.50. The molecule has 0 bridgehead atoms. The summed E-state index contributed by atoms with van der Waals surface area (Å²) >= 11 is 3.68. The maximum Gasteiger partial charge on any atom is 0.252 e. The lowest BCUT2D eigenvalue weighted by molar-refractivity contribution is -0.129. The molecule has 0 radical (unpaired) electrons. The minimum Gasteiger partial charge on any atom is -0.497 e. The summed E-state index contributed by atoms with van der Waals surface area (Å²) in [4.78, 5) is 22.8. The number of carbonyl (C=O) groups is 1. The van der Waals surface area contributed by atoms with Gasteiger partial charge in [-0.2, -0.15) is 0 Å². The summed E-state index contributed by atoms with van der Waals surface area (Å²) in [6.45, 7) is 0.709. The number of methoxy groups -OCH3 is 2. The van der Waals surface area contributed by atoms with Crippen molar-refractivity contribution in [3.05, 3.63) is 134 Å². The molecule has 4 aromatic carbocycles. The van der Waals surface area contributed by atoms with Crippen molar-refractivity contribution in [3.8, 4) is 17.2 Å². The van der Waals surface area contributed by atoms with Gasteiger partial charge in [0.15, 0.2) is 11.6 Å². The van der Waals surface area contributed by atoms with E-state index in [0.29, 0.717) is 41.7 Å². The summed E-state index contributed by atoms with van der Waals surface area (Å²) in [6, 6.07) is 27.8. The second-order valence-electron chi connectivity index (χ2n) is 11.0. The quantitative estimate of drug-likeness (QED) is 0.0596. The predicted molar refractivity (Wildman–Crippen MR) is 185 cm³/mol. The smallest absolute Gasteiger partial charge is 0.252 e. The fourth-order valence-electron chi connectivity index (χ4n) is 5.53. The zero-order valence-electron chi connectivity index (χ0n) is 26.6. The lowest BCUT2D eigenvalue weighted by Gasteiger charge is -2.32. The molecule has 0 unspecified atom stereocenters. The van der Waals surface area contributed by atoms with Crippen molar-refractivity contribution in [3.63, 3.8) is 0 Å². The number of nitrogens with one attached hydrogen (secondary N) is 1. The molecule has 0 fully saturated rings. The Morgan fingerprint density at radius 3 is 2.35 bits per heavy atom. The monoisotopic (exact) mass is 713 g/mol. The molecule has 0 spiro atoms. The zero-order chi connectivity index (χ0) is 33.9. The molecule has 1 heterocycles. The number of carbonyl (C=O) groups excluding carboxylic acids is 1. The van der Waals surface area contributed by atoms with Crippen molar-refractivity contribution in [1.29, 1.82) is 0 Å². The van der Waals surface area contributed by atoms with E-state index in [1.807, 2.05) is 72.8 Å². The third-order valence-corrected chi connectivity index (χ3v) is 8.69. The number of ether oxygens (including phenoxy) is 4. The van der Waals surface area contributed by atoms with Crippen molar-refractivity contribution < 1.29 is 28.8 Å². The van der Waals surface area contributed by atoms with Crippen LogP contribution in [0.5, 0.6) is 17.2 Å². The summed E-state index contributed by atoms with van der Waals surface area (Å²) in [7, 11) is 3.14. The first-order valence-electron chi connectivity index (χ1n) is 15.3. The van der Waals surface area contributed by atoms with Crippen molar-refractivity contribution in [2.24, 2.45) is 10.1 Å². The van der Waals surface area contributed by atoms with Gasteiger partial charge in [0, 0.05) is 52.6 Å². The van der Waals surface area contributed by atoms with Crippen LogP contribution in [0.25, 0.3) is 10.4 Å². The first kappa shape index (κ1) is 34.3. The Labute approximate surface area is 287 Å². The van der Waals surface area contributed by atoms with Gasteiger partial charge < -0.3 is 29.4 Å². The molecular weight excluding hydrogens is 678 g/mol. The first-order chi connectivity index (χ1) is 23.4. The highest BCUT2D eigenvalue weighted by molar-refractivity contribution is 9.10. The number of halogens is 1. The van der Waals surface area contributed by atoms with Crippen LogP contribution in [0.4, 0.5) is 0 Å².